The van der Waals surface area contributed by atoms with Gasteiger partial charge in [0.25, 0.3) is 0 Å². The second-order valence-corrected chi connectivity index (χ2v) is 4.53. The van der Waals surface area contributed by atoms with E-state index in [1.807, 2.05) is 0 Å². The predicted molar refractivity (Wildman–Crippen MR) is 56.0 cm³/mol. The van der Waals surface area contributed by atoms with Crippen molar-refractivity contribution in [2.75, 3.05) is 0 Å². The maximum absolute atomic E-state index is 13.3. The molecule has 0 heterocycles. The molecule has 0 saturated heterocycles. The Balaban J connectivity index is 3.15. The van der Waals surface area contributed by atoms with E-state index in [9.17, 15) is 17.6 Å². The van der Waals surface area contributed by atoms with E-state index in [4.69, 9.17) is 10.9 Å². The number of hydrogen-bond donors (Lipinski definition) is 2. The zero-order valence-corrected chi connectivity index (χ0v) is 8.87. The number of sulfonamides is 1. The maximum Gasteiger partial charge on any atom is 0.241 e. The van der Waals surface area contributed by atoms with Gasteiger partial charge in [0.1, 0.15) is 5.82 Å². The molecule has 0 atom stereocenters. The summed E-state index contributed by atoms with van der Waals surface area (Å²) in [5.74, 6) is -1.53. The smallest absolute Gasteiger partial charge is 0.241 e. The van der Waals surface area contributed by atoms with Gasteiger partial charge in [0, 0.05) is 11.6 Å². The molecule has 0 aliphatic carbocycles. The Kier molecular flexibility index (Phi) is 3.41. The second kappa shape index (κ2) is 4.42. The number of carbonyl (C=O) groups is 1. The van der Waals surface area contributed by atoms with E-state index in [1.54, 1.807) is 0 Å². The van der Waals surface area contributed by atoms with Crippen LogP contribution in [0.15, 0.2) is 29.2 Å². The first-order valence-corrected chi connectivity index (χ1v) is 5.65. The molecule has 0 fully saturated rings. The van der Waals surface area contributed by atoms with Crippen molar-refractivity contribution in [1.29, 1.82) is 0 Å². The Morgan fingerprint density at radius 1 is 1.38 bits per heavy atom. The zero-order valence-electron chi connectivity index (χ0n) is 8.05. The Hall–Kier alpha value is -1.73. The lowest BCUT2D eigenvalue weighted by molar-refractivity contribution is -0.113. The van der Waals surface area contributed by atoms with Crippen LogP contribution >= 0.6 is 0 Å². The van der Waals surface area contributed by atoms with Crippen molar-refractivity contribution in [3.8, 4) is 0 Å². The van der Waals surface area contributed by atoms with Crippen LogP contribution in [-0.4, -0.2) is 14.3 Å². The molecule has 1 rings (SSSR count). The topological polar surface area (TPSA) is 103 Å². The van der Waals surface area contributed by atoms with Crippen molar-refractivity contribution >= 4 is 22.0 Å². The van der Waals surface area contributed by atoms with Gasteiger partial charge in [0.05, 0.1) is 4.90 Å². The highest BCUT2D eigenvalue weighted by Crippen LogP contribution is 2.14. The van der Waals surface area contributed by atoms with E-state index < -0.39 is 21.7 Å². The molecule has 16 heavy (non-hydrogen) atoms. The van der Waals surface area contributed by atoms with E-state index in [-0.39, 0.29) is 10.5 Å². The van der Waals surface area contributed by atoms with Gasteiger partial charge in [-0.15, -0.1) is 0 Å². The van der Waals surface area contributed by atoms with Crippen LogP contribution in [0.1, 0.15) is 5.56 Å². The largest absolute Gasteiger partial charge is 0.366 e. The van der Waals surface area contributed by atoms with Crippen molar-refractivity contribution < 1.29 is 17.6 Å². The molecule has 5 nitrogen and oxygen atoms in total. The fraction of sp³-hybridized carbons (Fsp3) is 0. The molecule has 86 valence electrons. The minimum absolute atomic E-state index is 0.0474. The van der Waals surface area contributed by atoms with Crippen LogP contribution in [0.3, 0.4) is 0 Å². The van der Waals surface area contributed by atoms with Crippen LogP contribution in [0.2, 0.25) is 0 Å². The number of carbonyl (C=O) groups excluding carboxylic acids is 1. The number of halogens is 1. The quantitative estimate of drug-likeness (QED) is 0.729. The molecule has 0 bridgehead atoms. The minimum Gasteiger partial charge on any atom is -0.366 e. The summed E-state index contributed by atoms with van der Waals surface area (Å²) in [7, 11) is -3.93. The van der Waals surface area contributed by atoms with Crippen molar-refractivity contribution in [2.45, 2.75) is 4.90 Å². The van der Waals surface area contributed by atoms with Gasteiger partial charge in [-0.1, -0.05) is 6.07 Å². The molecule has 0 radical (unpaired) electrons. The summed E-state index contributed by atoms with van der Waals surface area (Å²) in [6.45, 7) is 0. The molecular formula is C9H9FN2O3S. The summed E-state index contributed by atoms with van der Waals surface area (Å²) in [6.07, 6.45) is 2.11. The summed E-state index contributed by atoms with van der Waals surface area (Å²) in [4.78, 5) is 10.1. The number of nitrogens with two attached hydrogens (primary N) is 2. The standard InChI is InChI=1S/C9H9FN2O3S/c10-8-5-7(16(12,14)15)3-1-6(8)2-4-9(11)13/h1-5H,(H2,11,13)(H2,12,14,15). The Morgan fingerprint density at radius 2 is 2.00 bits per heavy atom. The highest BCUT2D eigenvalue weighted by atomic mass is 32.2. The number of primary sulfonamides is 1. The summed E-state index contributed by atoms with van der Waals surface area (Å²) >= 11 is 0. The third-order valence-electron chi connectivity index (χ3n) is 1.73. The molecule has 0 aliphatic rings. The van der Waals surface area contributed by atoms with Crippen molar-refractivity contribution in [3.05, 3.63) is 35.7 Å². The minimum atomic E-state index is -3.93. The van der Waals surface area contributed by atoms with Gasteiger partial charge < -0.3 is 5.73 Å². The SMILES string of the molecule is NC(=O)C=Cc1ccc(S(N)(=O)=O)cc1F. The third-order valence-corrected chi connectivity index (χ3v) is 2.64. The van der Waals surface area contributed by atoms with Crippen LogP contribution in [0.4, 0.5) is 4.39 Å². The monoisotopic (exact) mass is 244 g/mol. The van der Waals surface area contributed by atoms with Gasteiger partial charge >= 0.3 is 0 Å². The Morgan fingerprint density at radius 3 is 2.44 bits per heavy atom. The van der Waals surface area contributed by atoms with Crippen LogP contribution < -0.4 is 10.9 Å². The second-order valence-electron chi connectivity index (χ2n) is 2.96. The van der Waals surface area contributed by atoms with Gasteiger partial charge in [-0.2, -0.15) is 0 Å². The van der Waals surface area contributed by atoms with Gasteiger partial charge in [-0.3, -0.25) is 4.79 Å². The van der Waals surface area contributed by atoms with Crippen LogP contribution in [0, 0.1) is 5.82 Å². The molecule has 7 heteroatoms. The van der Waals surface area contributed by atoms with Crippen molar-refractivity contribution in [1.82, 2.24) is 0 Å². The van der Waals surface area contributed by atoms with Gasteiger partial charge in [-0.05, 0) is 18.2 Å². The molecule has 0 unspecified atom stereocenters. The average molecular weight is 244 g/mol. The maximum atomic E-state index is 13.3. The highest BCUT2D eigenvalue weighted by Gasteiger charge is 2.10. The molecule has 0 saturated carbocycles. The molecular weight excluding hydrogens is 235 g/mol. The number of primary amides is 1. The first-order chi connectivity index (χ1) is 7.30. The molecule has 4 N–H and O–H groups in total. The molecule has 0 spiro atoms. The van der Waals surface area contributed by atoms with E-state index in [2.05, 4.69) is 0 Å². The number of benzene rings is 1. The van der Waals surface area contributed by atoms with Gasteiger partial charge in [0.2, 0.25) is 15.9 Å². The van der Waals surface area contributed by atoms with Gasteiger partial charge in [-0.25, -0.2) is 17.9 Å². The lowest BCUT2D eigenvalue weighted by atomic mass is 10.2. The fourth-order valence-electron chi connectivity index (χ4n) is 0.992. The third kappa shape index (κ3) is 3.14. The Bertz CT molecular complexity index is 552. The van der Waals surface area contributed by atoms with E-state index in [0.29, 0.717) is 0 Å². The molecule has 1 aromatic carbocycles. The first kappa shape index (κ1) is 12.3. The summed E-state index contributed by atoms with van der Waals surface area (Å²) in [6, 6.07) is 3.10. The predicted octanol–water partition coefficient (Wildman–Crippen LogP) is -0.0284. The van der Waals surface area contributed by atoms with E-state index in [1.165, 1.54) is 6.07 Å². The highest BCUT2D eigenvalue weighted by molar-refractivity contribution is 7.89. The summed E-state index contributed by atoms with van der Waals surface area (Å²) < 4.78 is 35.1. The molecule has 1 amide bonds. The fourth-order valence-corrected chi connectivity index (χ4v) is 1.52. The first-order valence-electron chi connectivity index (χ1n) is 4.10. The lowest BCUT2D eigenvalue weighted by Gasteiger charge is -2.00. The lowest BCUT2D eigenvalue weighted by Crippen LogP contribution is -2.12. The van der Waals surface area contributed by atoms with Crippen molar-refractivity contribution in [3.63, 3.8) is 0 Å². The number of amides is 1. The molecule has 0 aromatic heterocycles. The number of rotatable bonds is 3. The van der Waals surface area contributed by atoms with E-state index in [0.717, 1.165) is 24.3 Å². The zero-order chi connectivity index (χ0) is 12.3. The summed E-state index contributed by atoms with van der Waals surface area (Å²) in [5.41, 5.74) is 4.87. The molecule has 0 aliphatic heterocycles. The Labute approximate surface area is 91.6 Å². The van der Waals surface area contributed by atoms with Crippen LogP contribution in [-0.2, 0) is 14.8 Å². The van der Waals surface area contributed by atoms with Crippen LogP contribution in [0.5, 0.6) is 0 Å². The van der Waals surface area contributed by atoms with Crippen molar-refractivity contribution in [2.24, 2.45) is 10.9 Å². The van der Waals surface area contributed by atoms with E-state index >= 15 is 0 Å². The normalized spacial score (nSPS) is 11.9. The average Bonchev–Trinajstić information content (AvgIpc) is 2.14. The molecule has 1 aromatic rings. The number of hydrogen-bond acceptors (Lipinski definition) is 3. The summed E-state index contributed by atoms with van der Waals surface area (Å²) in [5, 5.41) is 4.81. The van der Waals surface area contributed by atoms with Crippen LogP contribution in [0.25, 0.3) is 6.08 Å². The van der Waals surface area contributed by atoms with Gasteiger partial charge in [0.15, 0.2) is 0 Å².